The second kappa shape index (κ2) is 7.45. The summed E-state index contributed by atoms with van der Waals surface area (Å²) < 4.78 is 6.64. The molecule has 0 aliphatic carbocycles. The van der Waals surface area contributed by atoms with Crippen molar-refractivity contribution in [2.24, 2.45) is 7.05 Å². The molecule has 1 fully saturated rings. The molecule has 2 rings (SSSR count). The summed E-state index contributed by atoms with van der Waals surface area (Å²) in [7, 11) is 5.03. The number of piperidine rings is 1. The minimum absolute atomic E-state index is 0.0670. The van der Waals surface area contributed by atoms with Crippen molar-refractivity contribution in [1.29, 1.82) is 0 Å². The van der Waals surface area contributed by atoms with Gasteiger partial charge in [-0.1, -0.05) is 0 Å². The number of carbonyl (C=O) groups is 2. The van der Waals surface area contributed by atoms with E-state index in [1.54, 1.807) is 29.9 Å². The molecule has 0 aromatic carbocycles. The Kier molecular flexibility index (Phi) is 5.59. The second-order valence-electron chi connectivity index (χ2n) is 5.75. The van der Waals surface area contributed by atoms with E-state index in [1.807, 2.05) is 13.1 Å². The summed E-state index contributed by atoms with van der Waals surface area (Å²) in [4.78, 5) is 26.3. The van der Waals surface area contributed by atoms with Crippen molar-refractivity contribution in [3.8, 4) is 0 Å². The van der Waals surface area contributed by atoms with Crippen molar-refractivity contribution < 1.29 is 14.3 Å². The number of nitrogens with zero attached hydrogens (tertiary/aromatic N) is 3. The SMILES string of the molecule is CNC(=O)C1(Nc2ccnn2C)CCN(C(=O)CCOC)CC1. The lowest BCUT2D eigenvalue weighted by Crippen LogP contribution is -2.58. The lowest BCUT2D eigenvalue weighted by Gasteiger charge is -2.41. The Bertz CT molecular complexity index is 549. The number of likely N-dealkylation sites (N-methyl/N-ethyl adjacent to an activating group) is 1. The molecule has 0 atom stereocenters. The third-order valence-electron chi connectivity index (χ3n) is 4.34. The van der Waals surface area contributed by atoms with E-state index in [1.165, 1.54) is 0 Å². The topological polar surface area (TPSA) is 88.5 Å². The molecule has 0 radical (unpaired) electrons. The lowest BCUT2D eigenvalue weighted by atomic mass is 9.86. The fourth-order valence-electron chi connectivity index (χ4n) is 2.88. The van der Waals surface area contributed by atoms with Crippen LogP contribution in [0.3, 0.4) is 0 Å². The number of methoxy groups -OCH3 is 1. The molecular formula is C15H25N5O3. The highest BCUT2D eigenvalue weighted by atomic mass is 16.5. The molecule has 1 aliphatic heterocycles. The first kappa shape index (κ1) is 17.3. The van der Waals surface area contributed by atoms with E-state index in [0.717, 1.165) is 5.82 Å². The summed E-state index contributed by atoms with van der Waals surface area (Å²) in [6, 6.07) is 1.83. The molecule has 1 aliphatic rings. The molecule has 1 saturated heterocycles. The molecule has 0 spiro atoms. The van der Waals surface area contributed by atoms with Crippen LogP contribution in [0.1, 0.15) is 19.3 Å². The number of amides is 2. The molecule has 0 unspecified atom stereocenters. The van der Waals surface area contributed by atoms with E-state index in [0.29, 0.717) is 39.0 Å². The zero-order valence-electron chi connectivity index (χ0n) is 14.0. The maximum absolute atomic E-state index is 12.4. The molecule has 0 bridgehead atoms. The molecule has 23 heavy (non-hydrogen) atoms. The van der Waals surface area contributed by atoms with Crippen molar-refractivity contribution in [3.63, 3.8) is 0 Å². The number of nitrogens with one attached hydrogen (secondary N) is 2. The molecule has 8 heteroatoms. The van der Waals surface area contributed by atoms with E-state index >= 15 is 0 Å². The van der Waals surface area contributed by atoms with Crippen molar-refractivity contribution in [3.05, 3.63) is 12.3 Å². The molecule has 2 heterocycles. The van der Waals surface area contributed by atoms with Crippen molar-refractivity contribution in [2.45, 2.75) is 24.8 Å². The average Bonchev–Trinajstić information content (AvgIpc) is 2.97. The minimum Gasteiger partial charge on any atom is -0.384 e. The fraction of sp³-hybridized carbons (Fsp3) is 0.667. The molecule has 2 N–H and O–H groups in total. The first-order valence-electron chi connectivity index (χ1n) is 7.77. The number of aromatic nitrogens is 2. The van der Waals surface area contributed by atoms with Crippen molar-refractivity contribution in [2.75, 3.05) is 39.2 Å². The Morgan fingerprint density at radius 2 is 2.09 bits per heavy atom. The third kappa shape index (κ3) is 3.82. The van der Waals surface area contributed by atoms with E-state index in [9.17, 15) is 9.59 Å². The Morgan fingerprint density at radius 1 is 1.39 bits per heavy atom. The van der Waals surface area contributed by atoms with Crippen molar-refractivity contribution >= 4 is 17.6 Å². The highest BCUT2D eigenvalue weighted by Crippen LogP contribution is 2.27. The molecule has 128 valence electrons. The fourth-order valence-corrected chi connectivity index (χ4v) is 2.88. The monoisotopic (exact) mass is 323 g/mol. The summed E-state index contributed by atoms with van der Waals surface area (Å²) in [5.41, 5.74) is -0.722. The number of likely N-dealkylation sites (tertiary alicyclic amines) is 1. The van der Waals surface area contributed by atoms with Crippen LogP contribution in [0.4, 0.5) is 5.82 Å². The van der Waals surface area contributed by atoms with Gasteiger partial charge in [0, 0.05) is 40.4 Å². The molecule has 1 aromatic rings. The zero-order valence-corrected chi connectivity index (χ0v) is 14.0. The number of aryl methyl sites for hydroxylation is 1. The molecule has 8 nitrogen and oxygen atoms in total. The number of rotatable bonds is 6. The van der Waals surface area contributed by atoms with Crippen LogP contribution in [0.25, 0.3) is 0 Å². The van der Waals surface area contributed by atoms with Crippen LogP contribution >= 0.6 is 0 Å². The molecule has 0 saturated carbocycles. The summed E-state index contributed by atoms with van der Waals surface area (Å²) in [6.45, 7) is 1.50. The van der Waals surface area contributed by atoms with Crippen LogP contribution in [-0.4, -0.2) is 65.9 Å². The standard InChI is InChI=1S/C15H25N5O3/c1-16-14(22)15(18-12-4-8-17-19(12)2)6-9-20(10-7-15)13(21)5-11-23-3/h4,8,18H,5-7,9-11H2,1-3H3,(H,16,22). The van der Waals surface area contributed by atoms with Crippen LogP contribution in [0.15, 0.2) is 12.3 Å². The number of ether oxygens (including phenoxy) is 1. The van der Waals surface area contributed by atoms with Gasteiger partial charge >= 0.3 is 0 Å². The predicted octanol–water partition coefficient (Wildman–Crippen LogP) is -0.0243. The first-order valence-corrected chi connectivity index (χ1v) is 7.77. The highest BCUT2D eigenvalue weighted by Gasteiger charge is 2.42. The minimum atomic E-state index is -0.722. The van der Waals surface area contributed by atoms with Gasteiger partial charge in [-0.05, 0) is 12.8 Å². The maximum Gasteiger partial charge on any atom is 0.245 e. The third-order valence-corrected chi connectivity index (χ3v) is 4.34. The summed E-state index contributed by atoms with van der Waals surface area (Å²) in [5, 5.41) is 10.2. The van der Waals surface area contributed by atoms with Gasteiger partial charge in [-0.15, -0.1) is 0 Å². The van der Waals surface area contributed by atoms with Crippen LogP contribution in [0, 0.1) is 0 Å². The van der Waals surface area contributed by atoms with E-state index in [-0.39, 0.29) is 11.8 Å². The van der Waals surface area contributed by atoms with Gasteiger partial charge in [0.1, 0.15) is 11.4 Å². The summed E-state index contributed by atoms with van der Waals surface area (Å²) in [6.07, 6.45) is 3.16. The Hall–Kier alpha value is -2.09. The van der Waals surface area contributed by atoms with E-state index in [4.69, 9.17) is 4.74 Å². The molecule has 1 aromatic heterocycles. The number of hydrogen-bond acceptors (Lipinski definition) is 5. The summed E-state index contributed by atoms with van der Waals surface area (Å²) in [5.74, 6) is 0.785. The van der Waals surface area contributed by atoms with Gasteiger partial charge in [-0.25, -0.2) is 0 Å². The normalized spacial score (nSPS) is 16.9. The average molecular weight is 323 g/mol. The molecule has 2 amide bonds. The van der Waals surface area contributed by atoms with Crippen LogP contribution in [0.5, 0.6) is 0 Å². The summed E-state index contributed by atoms with van der Waals surface area (Å²) >= 11 is 0. The number of anilines is 1. The lowest BCUT2D eigenvalue weighted by molar-refractivity contribution is -0.136. The Balaban J connectivity index is 2.06. The van der Waals surface area contributed by atoms with Crippen molar-refractivity contribution in [1.82, 2.24) is 20.0 Å². The largest absolute Gasteiger partial charge is 0.384 e. The quantitative estimate of drug-likeness (QED) is 0.768. The van der Waals surface area contributed by atoms with Gasteiger partial charge in [-0.3, -0.25) is 14.3 Å². The Morgan fingerprint density at radius 3 is 2.61 bits per heavy atom. The number of hydrogen-bond donors (Lipinski definition) is 2. The first-order chi connectivity index (χ1) is 11.0. The Labute approximate surface area is 136 Å². The van der Waals surface area contributed by atoms with Gasteiger partial charge in [0.05, 0.1) is 19.2 Å². The smallest absolute Gasteiger partial charge is 0.245 e. The van der Waals surface area contributed by atoms with Crippen LogP contribution < -0.4 is 10.6 Å². The van der Waals surface area contributed by atoms with Gasteiger partial charge < -0.3 is 20.3 Å². The number of carbonyl (C=O) groups excluding carboxylic acids is 2. The van der Waals surface area contributed by atoms with Gasteiger partial charge in [0.25, 0.3) is 0 Å². The highest BCUT2D eigenvalue weighted by molar-refractivity contribution is 5.89. The van der Waals surface area contributed by atoms with E-state index in [2.05, 4.69) is 15.7 Å². The molecular weight excluding hydrogens is 298 g/mol. The maximum atomic E-state index is 12.4. The van der Waals surface area contributed by atoms with Gasteiger partial charge in [0.2, 0.25) is 11.8 Å². The van der Waals surface area contributed by atoms with E-state index < -0.39 is 5.54 Å². The van der Waals surface area contributed by atoms with Crippen LogP contribution in [0.2, 0.25) is 0 Å². The predicted molar refractivity (Wildman–Crippen MR) is 85.9 cm³/mol. The van der Waals surface area contributed by atoms with Crippen LogP contribution in [-0.2, 0) is 21.4 Å². The van der Waals surface area contributed by atoms with Gasteiger partial charge in [-0.2, -0.15) is 5.10 Å². The zero-order chi connectivity index (χ0) is 16.9. The second-order valence-corrected chi connectivity index (χ2v) is 5.75. The van der Waals surface area contributed by atoms with Gasteiger partial charge in [0.15, 0.2) is 0 Å².